The smallest absolute Gasteiger partial charge is 0.231 e. The van der Waals surface area contributed by atoms with E-state index in [9.17, 15) is 9.90 Å². The van der Waals surface area contributed by atoms with Gasteiger partial charge in [-0.2, -0.15) is 9.97 Å². The fourth-order valence-corrected chi connectivity index (χ4v) is 6.47. The Morgan fingerprint density at radius 1 is 1.07 bits per heavy atom. The second kappa shape index (κ2) is 11.9. The predicted octanol–water partition coefficient (Wildman–Crippen LogP) is 4.05. The number of amides is 1. The lowest BCUT2D eigenvalue weighted by molar-refractivity contribution is -0.137. The number of nitrogens with one attached hydrogen (secondary N) is 3. The summed E-state index contributed by atoms with van der Waals surface area (Å²) in [7, 11) is 1.66. The van der Waals surface area contributed by atoms with Crippen molar-refractivity contribution in [3.05, 3.63) is 24.5 Å². The van der Waals surface area contributed by atoms with Crippen molar-refractivity contribution in [3.63, 3.8) is 0 Å². The summed E-state index contributed by atoms with van der Waals surface area (Å²) in [4.78, 5) is 34.3. The van der Waals surface area contributed by atoms with E-state index in [1.165, 1.54) is 19.3 Å². The number of aliphatic hydroxyl groups excluding tert-OH is 1. The summed E-state index contributed by atoms with van der Waals surface area (Å²) >= 11 is 0. The maximum absolute atomic E-state index is 13.1. The Morgan fingerprint density at radius 2 is 1.90 bits per heavy atom. The zero-order valence-electron chi connectivity index (χ0n) is 23.2. The van der Waals surface area contributed by atoms with Gasteiger partial charge in [0.2, 0.25) is 11.9 Å². The number of aromatic nitrogens is 4. The minimum absolute atomic E-state index is 0.00771. The second-order valence-electron chi connectivity index (χ2n) is 11.3. The summed E-state index contributed by atoms with van der Waals surface area (Å²) in [6, 6.07) is 6.49. The number of piperidine rings is 1. The van der Waals surface area contributed by atoms with Crippen LogP contribution < -0.4 is 20.3 Å². The number of nitrogens with zero attached hydrogens (tertiary/aromatic N) is 5. The first-order chi connectivity index (χ1) is 19.6. The van der Waals surface area contributed by atoms with Crippen LogP contribution in [0.1, 0.15) is 57.8 Å². The van der Waals surface area contributed by atoms with Crippen LogP contribution >= 0.6 is 0 Å². The molecule has 1 saturated carbocycles. The number of carbonyl (C=O) groups is 1. The fourth-order valence-electron chi connectivity index (χ4n) is 6.47. The molecular weight excluding hydrogens is 508 g/mol. The van der Waals surface area contributed by atoms with E-state index in [4.69, 9.17) is 9.72 Å². The minimum atomic E-state index is -0.00771. The molecule has 1 amide bonds. The number of rotatable bonds is 8. The van der Waals surface area contributed by atoms with E-state index < -0.39 is 0 Å². The quantitative estimate of drug-likeness (QED) is 0.329. The first-order valence-electron chi connectivity index (χ1n) is 14.7. The Balaban J connectivity index is 1.13. The van der Waals surface area contributed by atoms with Gasteiger partial charge in [0, 0.05) is 43.3 Å². The van der Waals surface area contributed by atoms with Crippen LogP contribution in [-0.2, 0) is 4.79 Å². The molecule has 3 aromatic rings. The summed E-state index contributed by atoms with van der Waals surface area (Å²) in [5.74, 6) is 2.16. The molecule has 40 heavy (non-hydrogen) atoms. The van der Waals surface area contributed by atoms with Crippen LogP contribution in [0.25, 0.3) is 11.2 Å². The average molecular weight is 549 g/mol. The van der Waals surface area contributed by atoms with Gasteiger partial charge in [0.1, 0.15) is 11.3 Å². The van der Waals surface area contributed by atoms with Gasteiger partial charge >= 0.3 is 0 Å². The van der Waals surface area contributed by atoms with Gasteiger partial charge in [-0.1, -0.05) is 19.3 Å². The Kier molecular flexibility index (Phi) is 7.90. The van der Waals surface area contributed by atoms with E-state index in [1.54, 1.807) is 13.4 Å². The van der Waals surface area contributed by atoms with Gasteiger partial charge in [-0.05, 0) is 50.7 Å². The van der Waals surface area contributed by atoms with Crippen LogP contribution in [0.15, 0.2) is 24.5 Å². The fraction of sp³-hybridized carbons (Fsp3) is 0.586. The van der Waals surface area contributed by atoms with Gasteiger partial charge in [0.25, 0.3) is 0 Å². The van der Waals surface area contributed by atoms with Crippen molar-refractivity contribution in [1.82, 2.24) is 24.8 Å². The number of H-pyrrole nitrogens is 1. The molecule has 2 aromatic heterocycles. The standard InChI is InChI=1S/C29H40N8O3/c1-40-24-16-21(36-14-11-19(12-15-36)28(39)37-13-5-8-22(37)17-38)9-10-23(24)33-29-34-26-25(30-18-31-26)27(35-29)32-20-6-3-2-4-7-20/h9-10,16,18-20,22,38H,2-8,11-15,17H2,1H3,(H3,30,31,32,33,34,35). The van der Waals surface area contributed by atoms with E-state index in [1.807, 2.05) is 17.0 Å². The molecule has 1 aliphatic carbocycles. The number of hydrogen-bond acceptors (Lipinski definition) is 9. The van der Waals surface area contributed by atoms with Gasteiger partial charge < -0.3 is 35.3 Å². The first-order valence-corrected chi connectivity index (χ1v) is 14.7. The molecule has 1 unspecified atom stereocenters. The normalized spacial score (nSPS) is 20.7. The van der Waals surface area contributed by atoms with Crippen molar-refractivity contribution >= 4 is 40.2 Å². The zero-order chi connectivity index (χ0) is 27.5. The molecule has 11 heteroatoms. The van der Waals surface area contributed by atoms with E-state index >= 15 is 0 Å². The number of anilines is 4. The van der Waals surface area contributed by atoms with Crippen LogP contribution in [0.3, 0.4) is 0 Å². The molecule has 2 saturated heterocycles. The predicted molar refractivity (Wildman–Crippen MR) is 155 cm³/mol. The van der Waals surface area contributed by atoms with Crippen LogP contribution in [-0.4, -0.2) is 81.3 Å². The van der Waals surface area contributed by atoms with Crippen molar-refractivity contribution in [2.75, 3.05) is 48.9 Å². The molecule has 1 aromatic carbocycles. The second-order valence-corrected chi connectivity index (χ2v) is 11.3. The van der Waals surface area contributed by atoms with E-state index in [0.29, 0.717) is 23.4 Å². The number of hydrogen-bond donors (Lipinski definition) is 4. The van der Waals surface area contributed by atoms with Crippen molar-refractivity contribution in [2.45, 2.75) is 69.9 Å². The number of fused-ring (bicyclic) bond motifs is 1. The Hall–Kier alpha value is -3.60. The minimum Gasteiger partial charge on any atom is -0.494 e. The number of benzene rings is 1. The highest BCUT2D eigenvalue weighted by molar-refractivity contribution is 5.84. The van der Waals surface area contributed by atoms with E-state index in [2.05, 4.69) is 36.6 Å². The third-order valence-electron chi connectivity index (χ3n) is 8.74. The highest BCUT2D eigenvalue weighted by Crippen LogP contribution is 2.35. The third-order valence-corrected chi connectivity index (χ3v) is 8.74. The van der Waals surface area contributed by atoms with Crippen LogP contribution in [0.2, 0.25) is 0 Å². The van der Waals surface area contributed by atoms with Gasteiger partial charge in [0.05, 0.1) is 31.8 Å². The lowest BCUT2D eigenvalue weighted by Crippen LogP contribution is -2.45. The summed E-state index contributed by atoms with van der Waals surface area (Å²) < 4.78 is 5.76. The Labute approximate surface area is 234 Å². The Morgan fingerprint density at radius 3 is 2.67 bits per heavy atom. The number of aromatic amines is 1. The zero-order valence-corrected chi connectivity index (χ0v) is 23.2. The molecule has 0 spiro atoms. The molecule has 4 N–H and O–H groups in total. The number of methoxy groups -OCH3 is 1. The number of ether oxygens (including phenoxy) is 1. The van der Waals surface area contributed by atoms with Crippen LogP contribution in [0.5, 0.6) is 5.75 Å². The topological polar surface area (TPSA) is 132 Å². The molecule has 0 radical (unpaired) electrons. The summed E-state index contributed by atoms with van der Waals surface area (Å²) in [5.41, 5.74) is 3.27. The maximum Gasteiger partial charge on any atom is 0.231 e. The number of imidazole rings is 1. The molecule has 1 atom stereocenters. The average Bonchev–Trinajstić information content (AvgIpc) is 3.68. The van der Waals surface area contributed by atoms with Gasteiger partial charge in [-0.25, -0.2) is 4.98 Å². The van der Waals surface area contributed by atoms with Crippen LogP contribution in [0.4, 0.5) is 23.1 Å². The lowest BCUT2D eigenvalue weighted by Gasteiger charge is -2.36. The highest BCUT2D eigenvalue weighted by Gasteiger charge is 2.34. The molecule has 4 heterocycles. The SMILES string of the molecule is COc1cc(N2CCC(C(=O)N3CCCC3CO)CC2)ccc1Nc1nc(NC2CCCCC2)c2[nH]cnc2n1. The van der Waals surface area contributed by atoms with Crippen molar-refractivity contribution in [1.29, 1.82) is 0 Å². The summed E-state index contributed by atoms with van der Waals surface area (Å²) in [6.07, 6.45) is 11.2. The van der Waals surface area contributed by atoms with Crippen molar-refractivity contribution < 1.29 is 14.6 Å². The highest BCUT2D eigenvalue weighted by atomic mass is 16.5. The van der Waals surface area contributed by atoms with Gasteiger partial charge in [-0.15, -0.1) is 0 Å². The first kappa shape index (κ1) is 26.6. The maximum atomic E-state index is 13.1. The van der Waals surface area contributed by atoms with Crippen LogP contribution in [0, 0.1) is 5.92 Å². The molecule has 2 aliphatic heterocycles. The molecule has 0 bridgehead atoms. The van der Waals surface area contributed by atoms with E-state index in [-0.39, 0.29) is 24.5 Å². The number of likely N-dealkylation sites (tertiary alicyclic amines) is 1. The molecule has 6 rings (SSSR count). The summed E-state index contributed by atoms with van der Waals surface area (Å²) in [5, 5.41) is 16.6. The monoisotopic (exact) mass is 548 g/mol. The van der Waals surface area contributed by atoms with Gasteiger partial charge in [0.15, 0.2) is 11.5 Å². The number of aliphatic hydroxyl groups is 1. The number of carbonyl (C=O) groups excluding carboxylic acids is 1. The lowest BCUT2D eigenvalue weighted by atomic mass is 9.94. The molecule has 3 aliphatic rings. The summed E-state index contributed by atoms with van der Waals surface area (Å²) in [6.45, 7) is 2.44. The molecule has 11 nitrogen and oxygen atoms in total. The van der Waals surface area contributed by atoms with E-state index in [0.717, 1.165) is 80.9 Å². The molecular formula is C29H40N8O3. The molecule has 3 fully saturated rings. The Bertz CT molecular complexity index is 1320. The van der Waals surface area contributed by atoms with Crippen molar-refractivity contribution in [3.8, 4) is 5.75 Å². The molecule has 214 valence electrons. The van der Waals surface area contributed by atoms with Crippen molar-refractivity contribution in [2.24, 2.45) is 5.92 Å². The van der Waals surface area contributed by atoms with Gasteiger partial charge in [-0.3, -0.25) is 4.79 Å². The largest absolute Gasteiger partial charge is 0.494 e. The third kappa shape index (κ3) is 5.52.